The zero-order valence-corrected chi connectivity index (χ0v) is 42.8. The largest absolute Gasteiger partial charge is 0.395 e. The summed E-state index contributed by atoms with van der Waals surface area (Å²) in [6, 6.07) is -2.82. The molecule has 1 unspecified atom stereocenters. The van der Waals surface area contributed by atoms with Gasteiger partial charge in [-0.1, -0.05) is 44.2 Å². The number of aliphatic hydroxyl groups is 4. The maximum atomic E-state index is 14.3. The van der Waals surface area contributed by atoms with Gasteiger partial charge in [0.25, 0.3) is 0 Å². The first-order chi connectivity index (χ1) is 34.4. The van der Waals surface area contributed by atoms with Gasteiger partial charge in [-0.25, -0.2) is 0 Å². The van der Waals surface area contributed by atoms with Gasteiger partial charge in [-0.15, -0.1) is 0 Å². The highest BCUT2D eigenvalue weighted by molar-refractivity contribution is 5.96. The van der Waals surface area contributed by atoms with Crippen molar-refractivity contribution in [1.82, 2.24) is 52.8 Å². The minimum absolute atomic E-state index is 0.0515. The number of benzene rings is 1. The highest BCUT2D eigenvalue weighted by Gasteiger charge is 2.37. The predicted molar refractivity (Wildman–Crippen MR) is 267 cm³/mol. The molecule has 26 nitrogen and oxygen atoms in total. The van der Waals surface area contributed by atoms with Gasteiger partial charge < -0.3 is 85.1 Å². The van der Waals surface area contributed by atoms with E-state index in [0.29, 0.717) is 5.56 Å². The monoisotopic (exact) mass is 1040 g/mol. The van der Waals surface area contributed by atoms with E-state index in [1.165, 1.54) is 18.7 Å². The summed E-state index contributed by atoms with van der Waals surface area (Å²) in [7, 11) is 0. The fourth-order valence-corrected chi connectivity index (χ4v) is 8.15. The molecule has 9 amide bonds. The van der Waals surface area contributed by atoms with E-state index in [-0.39, 0.29) is 70.6 Å². The highest BCUT2D eigenvalue weighted by Crippen LogP contribution is 2.19. The van der Waals surface area contributed by atoms with Crippen LogP contribution in [-0.4, -0.2) is 191 Å². The first-order valence-corrected chi connectivity index (χ1v) is 24.6. The van der Waals surface area contributed by atoms with Crippen molar-refractivity contribution in [2.45, 2.75) is 153 Å². The quantitative estimate of drug-likeness (QED) is 0.0578. The van der Waals surface area contributed by atoms with Crippen LogP contribution in [0, 0.1) is 5.92 Å². The van der Waals surface area contributed by atoms with Crippen LogP contribution < -0.4 is 65.1 Å². The van der Waals surface area contributed by atoms with Crippen molar-refractivity contribution in [1.29, 1.82) is 0 Å². The molecule has 19 N–H and O–H groups in total. The lowest BCUT2D eigenvalue weighted by Crippen LogP contribution is -2.62. The lowest BCUT2D eigenvalue weighted by molar-refractivity contribution is -0.138. The van der Waals surface area contributed by atoms with E-state index >= 15 is 0 Å². The van der Waals surface area contributed by atoms with Gasteiger partial charge in [0.15, 0.2) is 0 Å². The van der Waals surface area contributed by atoms with Crippen molar-refractivity contribution >= 4 is 53.2 Å². The molecule has 1 aliphatic rings. The molecular weight excluding hydrogens is 955 g/mol. The molecule has 0 aliphatic carbocycles. The van der Waals surface area contributed by atoms with Gasteiger partial charge in [0, 0.05) is 38.4 Å². The van der Waals surface area contributed by atoms with E-state index in [1.54, 1.807) is 44.2 Å². The number of nitrogens with two attached hydrogens (primary N) is 3. The summed E-state index contributed by atoms with van der Waals surface area (Å²) in [5.41, 5.74) is 17.0. The Morgan fingerprint density at radius 1 is 0.767 bits per heavy atom. The summed E-state index contributed by atoms with van der Waals surface area (Å²) in [4.78, 5) is 125. The van der Waals surface area contributed by atoms with Gasteiger partial charge in [0.1, 0.15) is 42.5 Å². The van der Waals surface area contributed by atoms with Gasteiger partial charge >= 0.3 is 0 Å². The Morgan fingerprint density at radius 3 is 1.84 bits per heavy atom. The minimum Gasteiger partial charge on any atom is -0.395 e. The Hall–Kier alpha value is -5.87. The van der Waals surface area contributed by atoms with E-state index in [4.69, 9.17) is 17.2 Å². The maximum absolute atomic E-state index is 14.3. The molecule has 1 aromatic carbocycles. The lowest BCUT2D eigenvalue weighted by atomic mass is 9.97. The molecule has 0 saturated carbocycles. The summed E-state index contributed by atoms with van der Waals surface area (Å²) in [6.07, 6.45) is -4.26. The smallest absolute Gasteiger partial charge is 0.245 e. The van der Waals surface area contributed by atoms with Crippen molar-refractivity contribution < 1.29 is 63.6 Å². The number of rotatable bonds is 20. The van der Waals surface area contributed by atoms with Crippen molar-refractivity contribution in [3.8, 4) is 0 Å². The van der Waals surface area contributed by atoms with E-state index in [1.807, 2.05) is 13.8 Å². The minimum atomic E-state index is -1.68. The Kier molecular flexibility index (Phi) is 27.4. The zero-order chi connectivity index (χ0) is 55.0. The molecule has 10 atom stereocenters. The summed E-state index contributed by atoms with van der Waals surface area (Å²) in [5.74, 6) is -7.77. The van der Waals surface area contributed by atoms with Crippen LogP contribution in [0.4, 0.5) is 0 Å². The predicted octanol–water partition coefficient (Wildman–Crippen LogP) is -6.11. The molecule has 0 radical (unpaired) electrons. The van der Waals surface area contributed by atoms with Crippen molar-refractivity contribution in [3.63, 3.8) is 0 Å². The third kappa shape index (κ3) is 21.3. The molecule has 26 heteroatoms. The third-order valence-electron chi connectivity index (χ3n) is 12.0. The maximum Gasteiger partial charge on any atom is 0.245 e. The molecule has 412 valence electrons. The van der Waals surface area contributed by atoms with E-state index < -0.39 is 146 Å². The second kappa shape index (κ2) is 31.7. The Balaban J connectivity index is 2.71. The van der Waals surface area contributed by atoms with Gasteiger partial charge in [-0.05, 0) is 84.0 Å². The van der Waals surface area contributed by atoms with Crippen LogP contribution >= 0.6 is 0 Å². The second-order valence-electron chi connectivity index (χ2n) is 19.1. The molecule has 1 aromatic rings. The van der Waals surface area contributed by atoms with E-state index in [2.05, 4.69) is 47.9 Å². The SMILES string of the molecule is CC(=O)N(CCO)C(C)(C)CC(=O)N[C@H](CO)C(=O)N[C@H]1CCNC(=O)[C@H]([C@@H](C)O)NC(=O)[C@H](CCN)NC(=O)[C@H](CCN)NC(O)[C@H](CC(C)C)NC(=O)[C@@H](Cc2ccccc2)NC(=O)[C@H](CCN)NC1=O. The zero-order valence-electron chi connectivity index (χ0n) is 42.8. The van der Waals surface area contributed by atoms with Crippen LogP contribution in [0.25, 0.3) is 0 Å². The van der Waals surface area contributed by atoms with Crippen molar-refractivity contribution in [2.24, 2.45) is 23.1 Å². The molecule has 0 aromatic heterocycles. The van der Waals surface area contributed by atoms with E-state index in [0.717, 1.165) is 0 Å². The molecule has 1 heterocycles. The average molecular weight is 1040 g/mol. The number of hydrogen-bond donors (Lipinski definition) is 16. The van der Waals surface area contributed by atoms with Crippen LogP contribution in [0.1, 0.15) is 85.6 Å². The van der Waals surface area contributed by atoms with Gasteiger partial charge in [-0.3, -0.25) is 48.5 Å². The molecule has 0 spiro atoms. The standard InChI is InChI=1S/C47H81N13O13/c1-26(2)22-34-43(70)55-30(12-16-48)39(66)54-32(14-18-50)42(69)59-38(27(3)63)46(73)51-19-15-33(56-45(72)36(25-62)52-37(65)24-47(5,6)60(20-21-61)28(4)64)41(68)53-31(13-17-49)40(67)58-35(44(71)57-34)23-29-10-8-7-9-11-29/h7-11,26-27,30-36,38,43,55,61-63,70H,12-25,48-50H2,1-6H3,(H,51,73)(H,52,65)(H,53,68)(H,54,66)(H,56,72)(H,57,71)(H,58,67)(H,59,69)/t27-,30+,31+,32+,33+,34+,35-,36-,38+,43?/m1/s1. The third-order valence-corrected chi connectivity index (χ3v) is 12.0. The van der Waals surface area contributed by atoms with Crippen LogP contribution in [0.15, 0.2) is 30.3 Å². The molecule has 2 rings (SSSR count). The number of hydrogen-bond acceptors (Lipinski definition) is 17. The molecule has 1 saturated heterocycles. The number of aliphatic hydroxyl groups excluding tert-OH is 4. The van der Waals surface area contributed by atoms with Crippen molar-refractivity contribution in [3.05, 3.63) is 35.9 Å². The topological polar surface area (TPSA) is 424 Å². The summed E-state index contributed by atoms with van der Waals surface area (Å²) in [6.45, 7) is 7.00. The Morgan fingerprint density at radius 2 is 1.30 bits per heavy atom. The van der Waals surface area contributed by atoms with Crippen molar-refractivity contribution in [2.75, 3.05) is 45.9 Å². The van der Waals surface area contributed by atoms with Crippen LogP contribution in [0.3, 0.4) is 0 Å². The number of nitrogens with zero attached hydrogens (tertiary/aromatic N) is 1. The summed E-state index contributed by atoms with van der Waals surface area (Å²) < 4.78 is 0. The van der Waals surface area contributed by atoms with Gasteiger partial charge in [0.2, 0.25) is 53.2 Å². The molecule has 73 heavy (non-hydrogen) atoms. The highest BCUT2D eigenvalue weighted by atomic mass is 16.3. The molecule has 0 bridgehead atoms. The van der Waals surface area contributed by atoms with Gasteiger partial charge in [-0.2, -0.15) is 0 Å². The number of carbonyl (C=O) groups excluding carboxylic acids is 9. The number of nitrogens with one attached hydrogen (secondary N) is 9. The van der Waals surface area contributed by atoms with Crippen LogP contribution in [0.5, 0.6) is 0 Å². The van der Waals surface area contributed by atoms with Crippen LogP contribution in [0.2, 0.25) is 0 Å². The van der Waals surface area contributed by atoms with E-state index in [9.17, 15) is 63.6 Å². The second-order valence-corrected chi connectivity index (χ2v) is 19.1. The summed E-state index contributed by atoms with van der Waals surface area (Å²) in [5, 5.41) is 65.2. The lowest BCUT2D eigenvalue weighted by Gasteiger charge is -2.37. The van der Waals surface area contributed by atoms with Gasteiger partial charge in [0.05, 0.1) is 31.4 Å². The van der Waals surface area contributed by atoms with Crippen LogP contribution in [-0.2, 0) is 49.6 Å². The Labute approximate surface area is 426 Å². The fraction of sp³-hybridized carbons (Fsp3) is 0.681. The number of carbonyl (C=O) groups is 9. The molecule has 1 fully saturated rings. The fourth-order valence-electron chi connectivity index (χ4n) is 8.15. The Bertz CT molecular complexity index is 1980. The molecular formula is C47H81N13O13. The average Bonchev–Trinajstić information content (AvgIpc) is 3.31. The number of β-amino-alcohol motifs (C(OH)–C–C–N with tert-alkyl or cyclic N) is 1. The molecule has 1 aliphatic heterocycles. The summed E-state index contributed by atoms with van der Waals surface area (Å²) >= 11 is 0. The number of amides is 9. The first kappa shape index (κ1) is 63.2. The normalized spacial score (nSPS) is 24.4. The first-order valence-electron chi connectivity index (χ1n) is 24.6.